The summed E-state index contributed by atoms with van der Waals surface area (Å²) in [5.41, 5.74) is 1.01. The van der Waals surface area contributed by atoms with Crippen LogP contribution in [0.15, 0.2) is 29.6 Å². The van der Waals surface area contributed by atoms with Crippen LogP contribution >= 0.6 is 22.9 Å². The van der Waals surface area contributed by atoms with Crippen molar-refractivity contribution in [3.05, 3.63) is 45.1 Å². The number of nitrogens with one attached hydrogen (secondary N) is 1. The summed E-state index contributed by atoms with van der Waals surface area (Å²) in [4.78, 5) is 1.07. The molecule has 1 N–H and O–H groups in total. The predicted molar refractivity (Wildman–Crippen MR) is 79.8 cm³/mol. The fraction of sp³-hybridized carbons (Fsp3) is 0.286. The SMILES string of the molecule is CNC(c1cccc(OC)c1OC)c1sccc1Cl. The van der Waals surface area contributed by atoms with Crippen molar-refractivity contribution in [3.8, 4) is 11.5 Å². The standard InChI is InChI=1S/C14H16ClNO2S/c1-16-12(14-10(15)7-8-19-14)9-5-4-6-11(17-2)13(9)18-3/h4-8,12,16H,1-3H3. The van der Waals surface area contributed by atoms with Crippen LogP contribution < -0.4 is 14.8 Å². The third-order valence-corrected chi connectivity index (χ3v) is 4.36. The number of methoxy groups -OCH3 is 2. The molecule has 19 heavy (non-hydrogen) atoms. The van der Waals surface area contributed by atoms with Gasteiger partial charge in [0.05, 0.1) is 25.3 Å². The molecule has 3 nitrogen and oxygen atoms in total. The van der Waals surface area contributed by atoms with Crippen molar-refractivity contribution in [3.63, 3.8) is 0 Å². The zero-order valence-corrected chi connectivity index (χ0v) is 12.6. The Morgan fingerprint density at radius 1 is 1.21 bits per heavy atom. The van der Waals surface area contributed by atoms with Crippen LogP contribution in [0.1, 0.15) is 16.5 Å². The lowest BCUT2D eigenvalue weighted by atomic mass is 10.0. The van der Waals surface area contributed by atoms with Gasteiger partial charge in [0.15, 0.2) is 11.5 Å². The van der Waals surface area contributed by atoms with Gasteiger partial charge in [-0.2, -0.15) is 0 Å². The number of hydrogen-bond donors (Lipinski definition) is 1. The zero-order valence-electron chi connectivity index (χ0n) is 11.1. The molecule has 1 heterocycles. The van der Waals surface area contributed by atoms with Crippen LogP contribution in [-0.4, -0.2) is 21.3 Å². The van der Waals surface area contributed by atoms with E-state index in [1.54, 1.807) is 25.6 Å². The lowest BCUT2D eigenvalue weighted by Crippen LogP contribution is -2.17. The van der Waals surface area contributed by atoms with E-state index in [9.17, 15) is 0 Å². The molecule has 0 radical (unpaired) electrons. The molecule has 0 aliphatic carbocycles. The molecule has 102 valence electrons. The van der Waals surface area contributed by atoms with E-state index < -0.39 is 0 Å². The molecular formula is C14H16ClNO2S. The molecule has 1 aromatic heterocycles. The van der Waals surface area contributed by atoms with E-state index in [0.29, 0.717) is 5.75 Å². The Hall–Kier alpha value is -1.23. The minimum Gasteiger partial charge on any atom is -0.493 e. The minimum absolute atomic E-state index is 0.0162. The lowest BCUT2D eigenvalue weighted by Gasteiger charge is -2.20. The summed E-state index contributed by atoms with van der Waals surface area (Å²) < 4.78 is 10.8. The van der Waals surface area contributed by atoms with E-state index in [4.69, 9.17) is 21.1 Å². The van der Waals surface area contributed by atoms with Crippen molar-refractivity contribution in [2.75, 3.05) is 21.3 Å². The van der Waals surface area contributed by atoms with Crippen molar-refractivity contribution in [2.24, 2.45) is 0 Å². The van der Waals surface area contributed by atoms with E-state index in [0.717, 1.165) is 21.2 Å². The van der Waals surface area contributed by atoms with Gasteiger partial charge in [0.2, 0.25) is 0 Å². The van der Waals surface area contributed by atoms with Crippen LogP contribution in [0.5, 0.6) is 11.5 Å². The van der Waals surface area contributed by atoms with E-state index in [1.807, 2.05) is 36.7 Å². The van der Waals surface area contributed by atoms with Crippen molar-refractivity contribution >= 4 is 22.9 Å². The Morgan fingerprint density at radius 3 is 2.53 bits per heavy atom. The van der Waals surface area contributed by atoms with Gasteiger partial charge in [-0.3, -0.25) is 0 Å². The first-order chi connectivity index (χ1) is 9.22. The number of ether oxygens (including phenoxy) is 2. The summed E-state index contributed by atoms with van der Waals surface area (Å²) in [6.07, 6.45) is 0. The van der Waals surface area contributed by atoms with E-state index in [2.05, 4.69) is 5.32 Å². The highest BCUT2D eigenvalue weighted by atomic mass is 35.5. The number of thiophene rings is 1. The summed E-state index contributed by atoms with van der Waals surface area (Å²) in [6.45, 7) is 0. The van der Waals surface area contributed by atoms with Crippen LogP contribution in [0.2, 0.25) is 5.02 Å². The van der Waals surface area contributed by atoms with Gasteiger partial charge in [-0.05, 0) is 24.6 Å². The minimum atomic E-state index is -0.0162. The largest absolute Gasteiger partial charge is 0.493 e. The molecule has 0 fully saturated rings. The molecule has 0 aliphatic heterocycles. The Bertz CT molecular complexity index is 556. The number of para-hydroxylation sites is 1. The fourth-order valence-corrected chi connectivity index (χ4v) is 3.37. The van der Waals surface area contributed by atoms with E-state index in [1.165, 1.54) is 0 Å². The molecule has 0 saturated heterocycles. The second-order valence-corrected chi connectivity index (χ2v) is 5.29. The highest BCUT2D eigenvalue weighted by Crippen LogP contribution is 2.40. The highest BCUT2D eigenvalue weighted by Gasteiger charge is 2.22. The lowest BCUT2D eigenvalue weighted by molar-refractivity contribution is 0.349. The van der Waals surface area contributed by atoms with E-state index >= 15 is 0 Å². The summed E-state index contributed by atoms with van der Waals surface area (Å²) in [7, 11) is 5.18. The zero-order chi connectivity index (χ0) is 13.8. The van der Waals surface area contributed by atoms with Gasteiger partial charge >= 0.3 is 0 Å². The van der Waals surface area contributed by atoms with Gasteiger partial charge in [0.1, 0.15) is 0 Å². The summed E-state index contributed by atoms with van der Waals surface area (Å²) in [5.74, 6) is 1.45. The first kappa shape index (κ1) is 14.2. The van der Waals surface area contributed by atoms with Crippen molar-refractivity contribution in [1.29, 1.82) is 0 Å². The Morgan fingerprint density at radius 2 is 2.00 bits per heavy atom. The molecule has 2 aromatic rings. The van der Waals surface area contributed by atoms with Gasteiger partial charge in [0.25, 0.3) is 0 Å². The smallest absolute Gasteiger partial charge is 0.165 e. The second-order valence-electron chi connectivity index (χ2n) is 3.94. The molecule has 0 bridgehead atoms. The monoisotopic (exact) mass is 297 g/mol. The highest BCUT2D eigenvalue weighted by molar-refractivity contribution is 7.10. The molecular weight excluding hydrogens is 282 g/mol. The van der Waals surface area contributed by atoms with Crippen LogP contribution in [-0.2, 0) is 0 Å². The predicted octanol–water partition coefficient (Wildman–Crippen LogP) is 3.73. The average molecular weight is 298 g/mol. The normalized spacial score (nSPS) is 12.2. The molecule has 0 amide bonds. The Labute approximate surface area is 122 Å². The van der Waals surface area contributed by atoms with Gasteiger partial charge in [-0.15, -0.1) is 11.3 Å². The fourth-order valence-electron chi connectivity index (χ4n) is 2.08. The van der Waals surface area contributed by atoms with Crippen LogP contribution in [0.4, 0.5) is 0 Å². The quantitative estimate of drug-likeness (QED) is 0.912. The van der Waals surface area contributed by atoms with Crippen molar-refractivity contribution < 1.29 is 9.47 Å². The van der Waals surface area contributed by atoms with Crippen molar-refractivity contribution in [2.45, 2.75) is 6.04 Å². The first-order valence-corrected chi connectivity index (χ1v) is 7.09. The van der Waals surface area contributed by atoms with Gasteiger partial charge in [0, 0.05) is 10.4 Å². The third-order valence-electron chi connectivity index (χ3n) is 2.94. The van der Waals surface area contributed by atoms with Crippen LogP contribution in [0, 0.1) is 0 Å². The first-order valence-electron chi connectivity index (χ1n) is 5.84. The summed E-state index contributed by atoms with van der Waals surface area (Å²) in [5, 5.41) is 6.02. The molecule has 0 spiro atoms. The van der Waals surface area contributed by atoms with Gasteiger partial charge < -0.3 is 14.8 Å². The average Bonchev–Trinajstić information content (AvgIpc) is 2.85. The van der Waals surface area contributed by atoms with E-state index in [-0.39, 0.29) is 6.04 Å². The number of hydrogen-bond acceptors (Lipinski definition) is 4. The van der Waals surface area contributed by atoms with Crippen LogP contribution in [0.3, 0.4) is 0 Å². The maximum atomic E-state index is 6.23. The summed E-state index contributed by atoms with van der Waals surface area (Å²) in [6, 6.07) is 7.72. The van der Waals surface area contributed by atoms with Gasteiger partial charge in [-0.25, -0.2) is 0 Å². The Balaban J connectivity index is 2.53. The number of rotatable bonds is 5. The Kier molecular flexibility index (Phi) is 4.69. The third kappa shape index (κ3) is 2.71. The molecule has 2 rings (SSSR count). The molecule has 0 aliphatic rings. The number of halogens is 1. The molecule has 0 saturated carbocycles. The maximum Gasteiger partial charge on any atom is 0.165 e. The molecule has 1 atom stereocenters. The second kappa shape index (κ2) is 6.28. The van der Waals surface area contributed by atoms with Gasteiger partial charge in [-0.1, -0.05) is 23.7 Å². The number of benzene rings is 1. The molecule has 1 aromatic carbocycles. The topological polar surface area (TPSA) is 30.5 Å². The molecule has 5 heteroatoms. The maximum absolute atomic E-state index is 6.23. The van der Waals surface area contributed by atoms with Crippen LogP contribution in [0.25, 0.3) is 0 Å². The van der Waals surface area contributed by atoms with Crippen molar-refractivity contribution in [1.82, 2.24) is 5.32 Å². The summed E-state index contributed by atoms with van der Waals surface area (Å²) >= 11 is 7.85. The molecule has 1 unspecified atom stereocenters.